The summed E-state index contributed by atoms with van der Waals surface area (Å²) in [5.74, 6) is -1.20. The zero-order chi connectivity index (χ0) is 22.9. The van der Waals surface area contributed by atoms with Crippen LogP contribution in [0.15, 0.2) is 95.0 Å². The number of carbonyl (C=O) groups excluding carboxylic acids is 1. The molecule has 0 bridgehead atoms. The molecule has 1 amide bonds. The standard InChI is InChI=1S/C26H19N3O3S/c1-28-16-18(21-12-5-6-13-22(21)28)15-23-24(30)29(20-10-3-2-4-11-20)26(33-23)27-19-9-7-8-17(14-19)25(31)32/h2-16H,1H3,(H,31,32)/b23-15-,27-26?. The molecule has 6 nitrogen and oxygen atoms in total. The Morgan fingerprint density at radius 1 is 1.00 bits per heavy atom. The number of carboxylic acids is 1. The van der Waals surface area contributed by atoms with Crippen LogP contribution in [0, 0.1) is 0 Å². The number of aromatic carboxylic acids is 1. The molecule has 1 aliphatic heterocycles. The maximum atomic E-state index is 13.5. The van der Waals surface area contributed by atoms with Gasteiger partial charge in [-0.05, 0) is 54.2 Å². The molecular formula is C26H19N3O3S. The van der Waals surface area contributed by atoms with Gasteiger partial charge in [-0.2, -0.15) is 0 Å². The molecule has 7 heteroatoms. The van der Waals surface area contributed by atoms with E-state index in [-0.39, 0.29) is 11.5 Å². The highest BCUT2D eigenvalue weighted by Gasteiger charge is 2.35. The van der Waals surface area contributed by atoms with Gasteiger partial charge in [-0.25, -0.2) is 9.79 Å². The number of aliphatic imine (C=N–C) groups is 1. The first kappa shape index (κ1) is 20.8. The number of fused-ring (bicyclic) bond motifs is 1. The fourth-order valence-corrected chi connectivity index (χ4v) is 4.79. The van der Waals surface area contributed by atoms with Crippen LogP contribution in [0.2, 0.25) is 0 Å². The third kappa shape index (κ3) is 3.94. The van der Waals surface area contributed by atoms with Crippen molar-refractivity contribution in [3.63, 3.8) is 0 Å². The average molecular weight is 454 g/mol. The lowest BCUT2D eigenvalue weighted by Crippen LogP contribution is -2.28. The zero-order valence-corrected chi connectivity index (χ0v) is 18.5. The van der Waals surface area contributed by atoms with Gasteiger partial charge in [0.05, 0.1) is 21.8 Å². The Balaban J connectivity index is 1.61. The van der Waals surface area contributed by atoms with Gasteiger partial charge >= 0.3 is 5.97 Å². The monoisotopic (exact) mass is 453 g/mol. The maximum absolute atomic E-state index is 13.5. The summed E-state index contributed by atoms with van der Waals surface area (Å²) in [5, 5.41) is 10.8. The van der Waals surface area contributed by atoms with Gasteiger partial charge in [-0.3, -0.25) is 9.69 Å². The molecule has 4 aromatic rings. The molecule has 1 saturated heterocycles. The van der Waals surface area contributed by atoms with Gasteiger partial charge < -0.3 is 9.67 Å². The first-order chi connectivity index (χ1) is 16.0. The van der Waals surface area contributed by atoms with E-state index in [9.17, 15) is 14.7 Å². The molecule has 0 saturated carbocycles. The summed E-state index contributed by atoms with van der Waals surface area (Å²) in [6.45, 7) is 0. The van der Waals surface area contributed by atoms with Gasteiger partial charge in [0.2, 0.25) is 0 Å². The summed E-state index contributed by atoms with van der Waals surface area (Å²) in [5.41, 5.74) is 3.34. The van der Waals surface area contributed by atoms with Gasteiger partial charge in [0, 0.05) is 29.7 Å². The van der Waals surface area contributed by atoms with Crippen LogP contribution in [-0.2, 0) is 11.8 Å². The second-order valence-corrected chi connectivity index (χ2v) is 8.56. The number of aryl methyl sites for hydroxylation is 1. The summed E-state index contributed by atoms with van der Waals surface area (Å²) in [6.07, 6.45) is 3.89. The molecule has 0 radical (unpaired) electrons. The number of carboxylic acid groups (broad SMARTS) is 1. The molecule has 3 aromatic carbocycles. The predicted molar refractivity (Wildman–Crippen MR) is 133 cm³/mol. The summed E-state index contributed by atoms with van der Waals surface area (Å²) in [6, 6.07) is 23.7. The van der Waals surface area contributed by atoms with Gasteiger partial charge in [0.15, 0.2) is 5.17 Å². The van der Waals surface area contributed by atoms with Crippen molar-refractivity contribution in [2.24, 2.45) is 12.0 Å². The Bertz CT molecular complexity index is 1450. The first-order valence-electron chi connectivity index (χ1n) is 10.3. The molecule has 0 atom stereocenters. The van der Waals surface area contributed by atoms with Crippen LogP contribution in [-0.4, -0.2) is 26.7 Å². The number of rotatable bonds is 4. The summed E-state index contributed by atoms with van der Waals surface area (Å²) in [7, 11) is 1.98. The SMILES string of the molecule is Cn1cc(/C=C2\SC(=Nc3cccc(C(=O)O)c3)N(c3ccccc3)C2=O)c2ccccc21. The van der Waals surface area contributed by atoms with E-state index in [4.69, 9.17) is 0 Å². The maximum Gasteiger partial charge on any atom is 0.335 e. The third-order valence-electron chi connectivity index (χ3n) is 5.35. The van der Waals surface area contributed by atoms with Crippen LogP contribution < -0.4 is 4.90 Å². The molecule has 162 valence electrons. The fourth-order valence-electron chi connectivity index (χ4n) is 3.80. The van der Waals surface area contributed by atoms with Crippen molar-refractivity contribution in [1.82, 2.24) is 4.57 Å². The quantitative estimate of drug-likeness (QED) is 0.403. The lowest BCUT2D eigenvalue weighted by atomic mass is 10.1. The second kappa shape index (κ2) is 8.44. The van der Waals surface area contributed by atoms with E-state index >= 15 is 0 Å². The van der Waals surface area contributed by atoms with E-state index in [1.165, 1.54) is 23.9 Å². The Morgan fingerprint density at radius 2 is 1.76 bits per heavy atom. The van der Waals surface area contributed by atoms with Crippen molar-refractivity contribution in [2.75, 3.05) is 4.90 Å². The Labute approximate surface area is 194 Å². The molecule has 0 aliphatic carbocycles. The summed E-state index contributed by atoms with van der Waals surface area (Å²) >= 11 is 1.27. The Hall–Kier alpha value is -4.10. The molecule has 0 unspecified atom stereocenters. The normalized spacial score (nSPS) is 16.3. The lowest BCUT2D eigenvalue weighted by molar-refractivity contribution is -0.113. The van der Waals surface area contributed by atoms with Crippen molar-refractivity contribution in [3.8, 4) is 0 Å². The Morgan fingerprint density at radius 3 is 2.55 bits per heavy atom. The molecule has 0 spiro atoms. The molecule has 1 N–H and O–H groups in total. The topological polar surface area (TPSA) is 74.9 Å². The van der Waals surface area contributed by atoms with Crippen LogP contribution >= 0.6 is 11.8 Å². The van der Waals surface area contributed by atoms with E-state index < -0.39 is 5.97 Å². The van der Waals surface area contributed by atoms with Gasteiger partial charge in [0.1, 0.15) is 0 Å². The minimum absolute atomic E-state index is 0.143. The summed E-state index contributed by atoms with van der Waals surface area (Å²) in [4.78, 5) is 31.6. The molecule has 2 heterocycles. The Kier molecular flexibility index (Phi) is 5.32. The number of carbonyl (C=O) groups is 2. The number of anilines is 1. The molecule has 1 aromatic heterocycles. The highest BCUT2D eigenvalue weighted by atomic mass is 32.2. The summed E-state index contributed by atoms with van der Waals surface area (Å²) < 4.78 is 2.03. The molecule has 33 heavy (non-hydrogen) atoms. The lowest BCUT2D eigenvalue weighted by Gasteiger charge is -2.15. The van der Waals surface area contributed by atoms with E-state index in [1.54, 1.807) is 17.0 Å². The molecule has 1 fully saturated rings. The van der Waals surface area contributed by atoms with Crippen molar-refractivity contribution < 1.29 is 14.7 Å². The molecule has 5 rings (SSSR count). The number of aromatic nitrogens is 1. The smallest absolute Gasteiger partial charge is 0.335 e. The highest BCUT2D eigenvalue weighted by Crippen LogP contribution is 2.38. The average Bonchev–Trinajstić information content (AvgIpc) is 3.31. The number of thioether (sulfide) groups is 1. The van der Waals surface area contributed by atoms with Crippen molar-refractivity contribution in [3.05, 3.63) is 101 Å². The van der Waals surface area contributed by atoms with Crippen molar-refractivity contribution in [1.29, 1.82) is 0 Å². The molecule has 1 aliphatic rings. The van der Waals surface area contributed by atoms with Crippen LogP contribution in [0.5, 0.6) is 0 Å². The number of para-hydroxylation sites is 2. The van der Waals surface area contributed by atoms with Crippen LogP contribution in [0.3, 0.4) is 0 Å². The fraction of sp³-hybridized carbons (Fsp3) is 0.0385. The van der Waals surface area contributed by atoms with Crippen LogP contribution in [0.25, 0.3) is 17.0 Å². The largest absolute Gasteiger partial charge is 0.478 e. The number of benzene rings is 3. The number of hydrogen-bond acceptors (Lipinski definition) is 4. The van der Waals surface area contributed by atoms with Crippen LogP contribution in [0.1, 0.15) is 15.9 Å². The van der Waals surface area contributed by atoms with E-state index in [1.807, 2.05) is 78.5 Å². The van der Waals surface area contributed by atoms with Gasteiger partial charge in [-0.15, -0.1) is 0 Å². The minimum atomic E-state index is -1.02. The zero-order valence-electron chi connectivity index (χ0n) is 17.7. The van der Waals surface area contributed by atoms with E-state index in [2.05, 4.69) is 4.99 Å². The van der Waals surface area contributed by atoms with Crippen LogP contribution in [0.4, 0.5) is 11.4 Å². The predicted octanol–water partition coefficient (Wildman–Crippen LogP) is 5.69. The third-order valence-corrected chi connectivity index (χ3v) is 6.32. The van der Waals surface area contributed by atoms with Gasteiger partial charge in [0.25, 0.3) is 5.91 Å². The number of hydrogen-bond donors (Lipinski definition) is 1. The van der Waals surface area contributed by atoms with Gasteiger partial charge in [-0.1, -0.05) is 42.5 Å². The van der Waals surface area contributed by atoms with E-state index in [0.717, 1.165) is 16.5 Å². The van der Waals surface area contributed by atoms with Crippen molar-refractivity contribution >= 4 is 57.2 Å². The second-order valence-electron chi connectivity index (χ2n) is 7.55. The van der Waals surface area contributed by atoms with Crippen molar-refractivity contribution in [2.45, 2.75) is 0 Å². The minimum Gasteiger partial charge on any atom is -0.478 e. The highest BCUT2D eigenvalue weighted by molar-refractivity contribution is 8.19. The van der Waals surface area contributed by atoms with E-state index in [0.29, 0.717) is 21.4 Å². The number of amidine groups is 1. The number of amides is 1. The molecular weight excluding hydrogens is 434 g/mol. The first-order valence-corrected chi connectivity index (χ1v) is 11.1. The number of nitrogens with zero attached hydrogens (tertiary/aromatic N) is 3.